The third-order valence-electron chi connectivity index (χ3n) is 7.27. The molecule has 2 aliphatic rings. The molecule has 0 amide bonds. The average molecular weight is 521 g/mol. The molecule has 12 heteroatoms. The van der Waals surface area contributed by atoms with Gasteiger partial charge in [0.25, 0.3) is 0 Å². The lowest BCUT2D eigenvalue weighted by Gasteiger charge is -2.37. The second-order valence-corrected chi connectivity index (χ2v) is 10.3. The maximum Gasteiger partial charge on any atom is 0.417 e. The number of alkyl halides is 3. The van der Waals surface area contributed by atoms with Crippen LogP contribution in [0.5, 0.6) is 0 Å². The molecule has 1 unspecified atom stereocenters. The Balaban J connectivity index is 1.33. The molecule has 0 spiro atoms. The van der Waals surface area contributed by atoms with Gasteiger partial charge in [0.15, 0.2) is 23.1 Å². The Morgan fingerprint density at radius 1 is 1.03 bits per heavy atom. The molecule has 4 aromatic rings. The van der Waals surface area contributed by atoms with E-state index in [0.717, 1.165) is 65.8 Å². The lowest BCUT2D eigenvalue weighted by atomic mass is 9.82. The highest BCUT2D eigenvalue weighted by Crippen LogP contribution is 2.45. The van der Waals surface area contributed by atoms with E-state index in [-0.39, 0.29) is 16.8 Å². The quantitative estimate of drug-likeness (QED) is 0.330. The summed E-state index contributed by atoms with van der Waals surface area (Å²) in [5, 5.41) is 5.31. The van der Waals surface area contributed by atoms with Crippen LogP contribution in [0.25, 0.3) is 16.8 Å². The third kappa shape index (κ3) is 4.10. The summed E-state index contributed by atoms with van der Waals surface area (Å²) in [4.78, 5) is 11.4. The first-order valence-electron chi connectivity index (χ1n) is 11.6. The van der Waals surface area contributed by atoms with Crippen LogP contribution < -0.4 is 4.90 Å². The monoisotopic (exact) mass is 520 g/mol. The van der Waals surface area contributed by atoms with E-state index in [2.05, 4.69) is 24.3 Å². The molecule has 6 rings (SSSR count). The molecule has 36 heavy (non-hydrogen) atoms. The zero-order valence-corrected chi connectivity index (χ0v) is 20.0. The van der Waals surface area contributed by atoms with Crippen LogP contribution >= 0.6 is 11.5 Å². The summed E-state index contributed by atoms with van der Waals surface area (Å²) in [6.45, 7) is 3.57. The summed E-state index contributed by atoms with van der Waals surface area (Å²) >= 11 is 1.40. The minimum absolute atomic E-state index is 0.0481. The molecule has 188 valence electrons. The summed E-state index contributed by atoms with van der Waals surface area (Å²) in [6, 6.07) is 3.92. The van der Waals surface area contributed by atoms with Gasteiger partial charge >= 0.3 is 6.18 Å². The highest BCUT2D eigenvalue weighted by molar-refractivity contribution is 7.09. The highest BCUT2D eigenvalue weighted by atomic mass is 32.1. The number of pyridine rings is 1. The zero-order chi connectivity index (χ0) is 25.2. The van der Waals surface area contributed by atoms with Crippen molar-refractivity contribution in [2.75, 3.05) is 18.0 Å². The second-order valence-electron chi connectivity index (χ2n) is 9.56. The maximum absolute atomic E-state index is 13.9. The van der Waals surface area contributed by atoms with Crippen molar-refractivity contribution in [2.24, 2.45) is 17.8 Å². The number of hydrogen-bond acceptors (Lipinski definition) is 6. The smallest absolute Gasteiger partial charge is 0.346 e. The Labute approximate surface area is 207 Å². The van der Waals surface area contributed by atoms with Gasteiger partial charge in [-0.25, -0.2) is 23.3 Å². The summed E-state index contributed by atoms with van der Waals surface area (Å²) in [5.41, 5.74) is -0.610. The molecule has 0 radical (unpaired) electrons. The fourth-order valence-electron chi connectivity index (χ4n) is 5.60. The summed E-state index contributed by atoms with van der Waals surface area (Å²) in [6.07, 6.45) is -1.07. The van der Waals surface area contributed by atoms with Crippen LogP contribution in [0.1, 0.15) is 30.1 Å². The Morgan fingerprint density at radius 3 is 2.42 bits per heavy atom. The molecule has 1 saturated carbocycles. The molecule has 2 bridgehead atoms. The number of aromatic nitrogens is 5. The van der Waals surface area contributed by atoms with E-state index in [4.69, 9.17) is 0 Å². The Kier molecular flexibility index (Phi) is 5.47. The molecule has 3 atom stereocenters. The van der Waals surface area contributed by atoms with Gasteiger partial charge in [0, 0.05) is 42.8 Å². The van der Waals surface area contributed by atoms with E-state index in [9.17, 15) is 22.0 Å². The van der Waals surface area contributed by atoms with Crippen molar-refractivity contribution in [3.05, 3.63) is 59.3 Å². The maximum atomic E-state index is 13.9. The van der Waals surface area contributed by atoms with E-state index >= 15 is 0 Å². The molecule has 1 aromatic carbocycles. The number of hydrogen-bond donors (Lipinski definition) is 0. The summed E-state index contributed by atoms with van der Waals surface area (Å²) in [5.74, 6) is 0.0910. The van der Waals surface area contributed by atoms with Crippen molar-refractivity contribution < 1.29 is 22.0 Å². The Bertz CT molecular complexity index is 1430. The van der Waals surface area contributed by atoms with Gasteiger partial charge in [-0.3, -0.25) is 0 Å². The minimum Gasteiger partial charge on any atom is -0.346 e. The van der Waals surface area contributed by atoms with Gasteiger partial charge in [-0.15, -0.1) is 0 Å². The highest BCUT2D eigenvalue weighted by Gasteiger charge is 2.43. The number of anilines is 1. The van der Waals surface area contributed by atoms with Gasteiger partial charge in [-0.2, -0.15) is 22.6 Å². The Morgan fingerprint density at radius 2 is 1.78 bits per heavy atom. The first-order chi connectivity index (χ1) is 17.2. The fourth-order valence-corrected chi connectivity index (χ4v) is 6.29. The van der Waals surface area contributed by atoms with E-state index in [1.54, 1.807) is 0 Å². The molecule has 2 fully saturated rings. The SMILES string of the molecule is Cc1nsc(N2C[C@H]3CC[C@@H](C2)C3Cc2nc3c(-c4ccc(F)c(F)c4)cc(C(F)(F)F)cn3n2)n1. The number of rotatable bonds is 4. The van der Waals surface area contributed by atoms with Crippen molar-refractivity contribution in [1.82, 2.24) is 24.0 Å². The van der Waals surface area contributed by atoms with Gasteiger partial charge in [0.1, 0.15) is 5.82 Å². The van der Waals surface area contributed by atoms with Crippen LogP contribution in [0, 0.1) is 36.3 Å². The zero-order valence-electron chi connectivity index (χ0n) is 19.1. The molecule has 6 nitrogen and oxygen atoms in total. The predicted molar refractivity (Wildman–Crippen MR) is 124 cm³/mol. The topological polar surface area (TPSA) is 59.2 Å². The van der Waals surface area contributed by atoms with Crippen LogP contribution in [0.4, 0.5) is 27.1 Å². The molecule has 1 aliphatic heterocycles. The Hall–Kier alpha value is -3.15. The first-order valence-corrected chi connectivity index (χ1v) is 12.4. The van der Waals surface area contributed by atoms with Crippen molar-refractivity contribution in [3.63, 3.8) is 0 Å². The molecular weight excluding hydrogens is 499 g/mol. The normalized spacial score (nSPS) is 22.1. The van der Waals surface area contributed by atoms with Gasteiger partial charge < -0.3 is 4.90 Å². The number of nitrogens with zero attached hydrogens (tertiary/aromatic N) is 6. The van der Waals surface area contributed by atoms with Crippen molar-refractivity contribution in [1.29, 1.82) is 0 Å². The van der Waals surface area contributed by atoms with E-state index in [1.807, 2.05) is 6.92 Å². The molecule has 0 N–H and O–H groups in total. The van der Waals surface area contributed by atoms with Crippen LogP contribution in [0.15, 0.2) is 30.5 Å². The molecule has 4 heterocycles. The minimum atomic E-state index is -4.64. The van der Waals surface area contributed by atoms with Crippen LogP contribution in [0.2, 0.25) is 0 Å². The lowest BCUT2D eigenvalue weighted by molar-refractivity contribution is -0.137. The number of fused-ring (bicyclic) bond motifs is 3. The van der Waals surface area contributed by atoms with Crippen molar-refractivity contribution >= 4 is 22.3 Å². The van der Waals surface area contributed by atoms with E-state index in [1.165, 1.54) is 17.6 Å². The molecular formula is C24H21F5N6S. The number of aryl methyl sites for hydroxylation is 1. The van der Waals surface area contributed by atoms with Crippen molar-refractivity contribution in [2.45, 2.75) is 32.4 Å². The van der Waals surface area contributed by atoms with Gasteiger partial charge in [-0.1, -0.05) is 6.07 Å². The van der Waals surface area contributed by atoms with Gasteiger partial charge in [-0.05, 0) is 61.3 Å². The van der Waals surface area contributed by atoms with Crippen molar-refractivity contribution in [3.8, 4) is 11.1 Å². The number of halogens is 5. The fraction of sp³-hybridized carbons (Fsp3) is 0.417. The summed E-state index contributed by atoms with van der Waals surface area (Å²) < 4.78 is 73.6. The third-order valence-corrected chi connectivity index (χ3v) is 8.14. The molecule has 3 aromatic heterocycles. The second kappa shape index (κ2) is 8.46. The molecule has 1 saturated heterocycles. The lowest BCUT2D eigenvalue weighted by Crippen LogP contribution is -2.42. The van der Waals surface area contributed by atoms with Crippen LogP contribution in [-0.2, 0) is 12.6 Å². The van der Waals surface area contributed by atoms with Crippen LogP contribution in [-0.4, -0.2) is 37.0 Å². The number of piperidine rings is 1. The largest absolute Gasteiger partial charge is 0.417 e. The van der Waals surface area contributed by atoms with Gasteiger partial charge in [0.05, 0.1) is 5.56 Å². The molecule has 1 aliphatic carbocycles. The standard InChI is InChI=1S/C24H21F5N6S/c1-12-30-23(36-33-12)34-9-14-2-3-15(10-34)17(14)8-21-31-22-18(13-4-5-19(25)20(26)6-13)7-16(24(27,28)29)11-35(22)32-21/h4-7,11,14-15,17H,2-3,8-10H2,1H3/t14-,15+,17?. The average Bonchev–Trinajstić information content (AvgIpc) is 3.50. The predicted octanol–water partition coefficient (Wildman–Crippen LogP) is 5.56. The van der Waals surface area contributed by atoms with E-state index in [0.29, 0.717) is 30.0 Å². The van der Waals surface area contributed by atoms with Gasteiger partial charge in [0.2, 0.25) is 5.13 Å². The summed E-state index contributed by atoms with van der Waals surface area (Å²) in [7, 11) is 0. The number of benzene rings is 1. The first kappa shape index (κ1) is 23.3. The van der Waals surface area contributed by atoms with E-state index < -0.39 is 23.4 Å². The van der Waals surface area contributed by atoms with Crippen LogP contribution in [0.3, 0.4) is 0 Å².